The number of rotatable bonds is 4. The first-order chi connectivity index (χ1) is 9.88. The van der Waals surface area contributed by atoms with Crippen LogP contribution in [0, 0.1) is 5.92 Å². The predicted molar refractivity (Wildman–Crippen MR) is 79.9 cm³/mol. The van der Waals surface area contributed by atoms with E-state index in [1.165, 1.54) is 0 Å². The molecule has 1 saturated heterocycles. The molecular weight excluding hydrogens is 314 g/mol. The molecule has 0 atom stereocenters. The maximum atomic E-state index is 12.5. The third-order valence-electron chi connectivity index (χ3n) is 4.07. The molecule has 0 radical (unpaired) electrons. The molecule has 1 N–H and O–H groups in total. The Hall–Kier alpha value is -1.08. The van der Waals surface area contributed by atoms with Crippen LogP contribution in [0.4, 0.5) is 0 Å². The second kappa shape index (κ2) is 6.36. The number of amides is 1. The maximum Gasteiger partial charge on any atom is 0.275 e. The highest BCUT2D eigenvalue weighted by Gasteiger charge is 2.32. The number of nitrogens with one attached hydrogen (secondary N) is 1. The average molecular weight is 334 g/mol. The lowest BCUT2D eigenvalue weighted by atomic mass is 9.94. The predicted octanol–water partition coefficient (Wildman–Crippen LogP) is 2.16. The zero-order valence-electron chi connectivity index (χ0n) is 12.2. The Bertz CT molecular complexity index is 619. The summed E-state index contributed by atoms with van der Waals surface area (Å²) < 4.78 is 23.4. The lowest BCUT2D eigenvalue weighted by Gasteiger charge is -2.31. The zero-order chi connectivity index (χ0) is 15.6. The van der Waals surface area contributed by atoms with Crippen LogP contribution in [0.2, 0.25) is 0 Å². The lowest BCUT2D eigenvalue weighted by Crippen LogP contribution is -2.39. The van der Waals surface area contributed by atoms with Gasteiger partial charge in [0.15, 0.2) is 5.69 Å². The molecule has 1 amide bonds. The number of halogens is 1. The monoisotopic (exact) mass is 333 g/mol. The summed E-state index contributed by atoms with van der Waals surface area (Å²) in [7, 11) is 1.46. The van der Waals surface area contributed by atoms with E-state index in [0.717, 1.165) is 19.3 Å². The summed E-state index contributed by atoms with van der Waals surface area (Å²) >= 11 is 0. The molecule has 1 aromatic heterocycles. The summed E-state index contributed by atoms with van der Waals surface area (Å²) in [6.07, 6.45) is 3.40. The molecule has 1 aliphatic heterocycles. The summed E-state index contributed by atoms with van der Waals surface area (Å²) in [5.74, 6) is 0.274. The van der Waals surface area contributed by atoms with Crippen molar-refractivity contribution in [3.63, 3.8) is 0 Å². The van der Waals surface area contributed by atoms with E-state index in [2.05, 4.69) is 17.1 Å². The van der Waals surface area contributed by atoms with Crippen LogP contribution >= 0.6 is 10.7 Å². The second-order valence-corrected chi connectivity index (χ2v) is 7.82. The van der Waals surface area contributed by atoms with Crippen LogP contribution in [0.15, 0.2) is 4.90 Å². The molecule has 1 aliphatic rings. The van der Waals surface area contributed by atoms with Gasteiger partial charge in [0, 0.05) is 23.8 Å². The number of nitrogens with zero attached hydrogens (tertiary/aromatic N) is 2. The number of hydrogen-bond acceptors (Lipinski definition) is 4. The van der Waals surface area contributed by atoms with E-state index in [1.54, 1.807) is 11.8 Å². The molecule has 8 heteroatoms. The quantitative estimate of drug-likeness (QED) is 0.856. The standard InChI is InChI=1S/C13H20ClN3O3S/c1-3-9-5-7-17(8-6-9)13(18)11-12(21(14,19)20)10(4-2)15-16-11/h9H,3-8H2,1-2H3,(H,15,16). The number of likely N-dealkylation sites (tertiary alicyclic amines) is 1. The Kier molecular flexibility index (Phi) is 4.93. The van der Waals surface area contributed by atoms with E-state index < -0.39 is 9.05 Å². The number of aromatic nitrogens is 2. The molecule has 2 rings (SSSR count). The van der Waals surface area contributed by atoms with Crippen LogP contribution in [0.25, 0.3) is 0 Å². The summed E-state index contributed by atoms with van der Waals surface area (Å²) in [5, 5.41) is 6.50. The fraction of sp³-hybridized carbons (Fsp3) is 0.692. The third-order valence-corrected chi connectivity index (χ3v) is 5.46. The number of carbonyl (C=O) groups is 1. The van der Waals surface area contributed by atoms with Gasteiger partial charge in [0.1, 0.15) is 4.90 Å². The van der Waals surface area contributed by atoms with Crippen molar-refractivity contribution in [2.45, 2.75) is 44.4 Å². The van der Waals surface area contributed by atoms with Gasteiger partial charge in [0.2, 0.25) is 0 Å². The van der Waals surface area contributed by atoms with Crippen molar-refractivity contribution in [3.05, 3.63) is 11.4 Å². The van der Waals surface area contributed by atoms with Gasteiger partial charge in [-0.15, -0.1) is 0 Å². The highest BCUT2D eigenvalue weighted by Crippen LogP contribution is 2.26. The summed E-state index contributed by atoms with van der Waals surface area (Å²) in [5.41, 5.74) is 0.286. The van der Waals surface area contributed by atoms with Crippen molar-refractivity contribution in [1.29, 1.82) is 0 Å². The van der Waals surface area contributed by atoms with Gasteiger partial charge in [-0.05, 0) is 25.2 Å². The number of H-pyrrole nitrogens is 1. The van der Waals surface area contributed by atoms with Gasteiger partial charge in [-0.2, -0.15) is 5.10 Å². The smallest absolute Gasteiger partial charge is 0.275 e. The van der Waals surface area contributed by atoms with Crippen molar-refractivity contribution in [1.82, 2.24) is 15.1 Å². The molecule has 0 unspecified atom stereocenters. The Labute approximate surface area is 129 Å². The van der Waals surface area contributed by atoms with E-state index in [4.69, 9.17) is 10.7 Å². The molecule has 0 bridgehead atoms. The van der Waals surface area contributed by atoms with Crippen molar-refractivity contribution >= 4 is 25.6 Å². The highest BCUT2D eigenvalue weighted by molar-refractivity contribution is 8.13. The van der Waals surface area contributed by atoms with Gasteiger partial charge in [-0.25, -0.2) is 8.42 Å². The highest BCUT2D eigenvalue weighted by atomic mass is 35.7. The van der Waals surface area contributed by atoms with Gasteiger partial charge in [0.05, 0.1) is 5.69 Å². The molecular formula is C13H20ClN3O3S. The Morgan fingerprint density at radius 1 is 1.38 bits per heavy atom. The Morgan fingerprint density at radius 2 is 2.00 bits per heavy atom. The minimum atomic E-state index is -4.00. The topological polar surface area (TPSA) is 83.1 Å². The molecule has 0 aliphatic carbocycles. The summed E-state index contributed by atoms with van der Waals surface area (Å²) in [6.45, 7) is 5.18. The van der Waals surface area contributed by atoms with Gasteiger partial charge in [0.25, 0.3) is 15.0 Å². The normalized spacial score (nSPS) is 17.2. The zero-order valence-corrected chi connectivity index (χ0v) is 13.8. The van der Waals surface area contributed by atoms with E-state index in [0.29, 0.717) is 31.1 Å². The minimum absolute atomic E-state index is 0.0863. The van der Waals surface area contributed by atoms with E-state index in [1.807, 2.05) is 0 Å². The average Bonchev–Trinajstić information content (AvgIpc) is 2.90. The van der Waals surface area contributed by atoms with Crippen LogP contribution in [-0.4, -0.2) is 42.5 Å². The summed E-state index contributed by atoms with van der Waals surface area (Å²) in [4.78, 5) is 14.0. The largest absolute Gasteiger partial charge is 0.337 e. The maximum absolute atomic E-state index is 12.5. The minimum Gasteiger partial charge on any atom is -0.337 e. The molecule has 2 heterocycles. The van der Waals surface area contributed by atoms with Crippen LogP contribution in [0.3, 0.4) is 0 Å². The number of piperidine rings is 1. The van der Waals surface area contributed by atoms with Crippen LogP contribution < -0.4 is 0 Å². The molecule has 1 fully saturated rings. The molecule has 0 aromatic carbocycles. The van der Waals surface area contributed by atoms with Crippen molar-refractivity contribution < 1.29 is 13.2 Å². The van der Waals surface area contributed by atoms with Gasteiger partial charge < -0.3 is 4.90 Å². The molecule has 118 valence electrons. The summed E-state index contributed by atoms with van der Waals surface area (Å²) in [6, 6.07) is 0. The van der Waals surface area contributed by atoms with Gasteiger partial charge >= 0.3 is 0 Å². The van der Waals surface area contributed by atoms with Crippen LogP contribution in [0.5, 0.6) is 0 Å². The molecule has 21 heavy (non-hydrogen) atoms. The first-order valence-corrected chi connectivity index (χ1v) is 9.50. The molecule has 0 saturated carbocycles. The number of aryl methyl sites for hydroxylation is 1. The Balaban J connectivity index is 2.27. The van der Waals surface area contributed by atoms with Crippen molar-refractivity contribution in [2.24, 2.45) is 5.92 Å². The number of hydrogen-bond donors (Lipinski definition) is 1. The SMILES string of the molecule is CCc1[nH]nc(C(=O)N2CCC(CC)CC2)c1S(=O)(=O)Cl. The third kappa shape index (κ3) is 3.40. The van der Waals surface area contributed by atoms with E-state index in [9.17, 15) is 13.2 Å². The second-order valence-electron chi connectivity index (χ2n) is 5.32. The fourth-order valence-corrected chi connectivity index (χ4v) is 4.06. The van der Waals surface area contributed by atoms with E-state index >= 15 is 0 Å². The van der Waals surface area contributed by atoms with Gasteiger partial charge in [-0.3, -0.25) is 9.89 Å². The Morgan fingerprint density at radius 3 is 2.48 bits per heavy atom. The fourth-order valence-electron chi connectivity index (χ4n) is 2.71. The van der Waals surface area contributed by atoms with Crippen molar-refractivity contribution in [2.75, 3.05) is 13.1 Å². The van der Waals surface area contributed by atoms with E-state index in [-0.39, 0.29) is 16.5 Å². The van der Waals surface area contributed by atoms with Crippen LogP contribution in [0.1, 0.15) is 49.3 Å². The molecule has 0 spiro atoms. The van der Waals surface area contributed by atoms with Gasteiger partial charge in [-0.1, -0.05) is 20.3 Å². The number of aromatic amines is 1. The van der Waals surface area contributed by atoms with Crippen molar-refractivity contribution in [3.8, 4) is 0 Å². The first-order valence-electron chi connectivity index (χ1n) is 7.19. The lowest BCUT2D eigenvalue weighted by molar-refractivity contribution is 0.0679. The number of carbonyl (C=O) groups excluding carboxylic acids is 1. The van der Waals surface area contributed by atoms with Crippen LogP contribution in [-0.2, 0) is 15.5 Å². The molecule has 1 aromatic rings. The first kappa shape index (κ1) is 16.3. The molecule has 6 nitrogen and oxygen atoms in total.